The first-order valence-corrected chi connectivity index (χ1v) is 9.93. The SMILES string of the molecule is CCCCN(CC)CCCc1ccc(OCCOc2ccccc2)cc1. The summed E-state index contributed by atoms with van der Waals surface area (Å²) in [5.41, 5.74) is 1.38. The molecule has 26 heavy (non-hydrogen) atoms. The molecule has 0 saturated carbocycles. The number of hydrogen-bond acceptors (Lipinski definition) is 3. The zero-order valence-corrected chi connectivity index (χ0v) is 16.3. The van der Waals surface area contributed by atoms with Gasteiger partial charge in [0.25, 0.3) is 0 Å². The van der Waals surface area contributed by atoms with E-state index in [4.69, 9.17) is 9.47 Å². The molecule has 3 nitrogen and oxygen atoms in total. The van der Waals surface area contributed by atoms with Gasteiger partial charge in [-0.25, -0.2) is 0 Å². The summed E-state index contributed by atoms with van der Waals surface area (Å²) in [5.74, 6) is 1.79. The smallest absolute Gasteiger partial charge is 0.122 e. The molecule has 0 aromatic heterocycles. The van der Waals surface area contributed by atoms with E-state index in [9.17, 15) is 0 Å². The molecule has 0 unspecified atom stereocenters. The summed E-state index contributed by atoms with van der Waals surface area (Å²) in [5, 5.41) is 0. The zero-order valence-electron chi connectivity index (χ0n) is 16.3. The summed E-state index contributed by atoms with van der Waals surface area (Å²) in [7, 11) is 0. The van der Waals surface area contributed by atoms with Crippen molar-refractivity contribution in [1.82, 2.24) is 4.90 Å². The fraction of sp³-hybridized carbons (Fsp3) is 0.478. The van der Waals surface area contributed by atoms with E-state index in [1.165, 1.54) is 37.9 Å². The normalized spacial score (nSPS) is 10.9. The highest BCUT2D eigenvalue weighted by molar-refractivity contribution is 5.27. The predicted octanol–water partition coefficient (Wildman–Crippen LogP) is 5.20. The van der Waals surface area contributed by atoms with Gasteiger partial charge < -0.3 is 14.4 Å². The first-order chi connectivity index (χ1) is 12.8. The third-order valence-electron chi connectivity index (χ3n) is 4.50. The Labute approximate surface area is 158 Å². The van der Waals surface area contributed by atoms with Crippen LogP contribution in [0.2, 0.25) is 0 Å². The van der Waals surface area contributed by atoms with Gasteiger partial charge in [-0.3, -0.25) is 0 Å². The molecule has 142 valence electrons. The van der Waals surface area contributed by atoms with Gasteiger partial charge in [-0.05, 0) is 68.7 Å². The molecule has 0 aliphatic rings. The number of hydrogen-bond donors (Lipinski definition) is 0. The lowest BCUT2D eigenvalue weighted by Gasteiger charge is -2.19. The van der Waals surface area contributed by atoms with E-state index in [0.717, 1.165) is 24.5 Å². The van der Waals surface area contributed by atoms with E-state index >= 15 is 0 Å². The van der Waals surface area contributed by atoms with Gasteiger partial charge in [0.2, 0.25) is 0 Å². The fourth-order valence-corrected chi connectivity index (χ4v) is 2.90. The summed E-state index contributed by atoms with van der Waals surface area (Å²) in [4.78, 5) is 2.55. The second-order valence-electron chi connectivity index (χ2n) is 6.55. The highest BCUT2D eigenvalue weighted by atomic mass is 16.5. The molecule has 0 heterocycles. The second-order valence-corrected chi connectivity index (χ2v) is 6.55. The fourth-order valence-electron chi connectivity index (χ4n) is 2.90. The maximum absolute atomic E-state index is 5.75. The Kier molecular flexibility index (Phi) is 9.66. The Morgan fingerprint density at radius 3 is 1.96 bits per heavy atom. The Morgan fingerprint density at radius 1 is 0.731 bits per heavy atom. The average molecular weight is 356 g/mol. The van der Waals surface area contributed by atoms with E-state index in [0.29, 0.717) is 13.2 Å². The highest BCUT2D eigenvalue weighted by Gasteiger charge is 2.02. The minimum atomic E-state index is 0.552. The molecule has 0 bridgehead atoms. The lowest BCUT2D eigenvalue weighted by atomic mass is 10.1. The van der Waals surface area contributed by atoms with Crippen molar-refractivity contribution in [3.8, 4) is 11.5 Å². The molecule has 0 radical (unpaired) electrons. The Bertz CT molecular complexity index is 583. The molecule has 0 N–H and O–H groups in total. The first-order valence-electron chi connectivity index (χ1n) is 9.93. The summed E-state index contributed by atoms with van der Waals surface area (Å²) in [6, 6.07) is 18.3. The number of para-hydroxylation sites is 1. The molecule has 0 amide bonds. The number of benzene rings is 2. The van der Waals surface area contributed by atoms with Gasteiger partial charge in [0, 0.05) is 0 Å². The maximum Gasteiger partial charge on any atom is 0.122 e. The van der Waals surface area contributed by atoms with Crippen LogP contribution in [0.3, 0.4) is 0 Å². The molecule has 0 aliphatic carbocycles. The van der Waals surface area contributed by atoms with Crippen LogP contribution in [-0.2, 0) is 6.42 Å². The number of unbranched alkanes of at least 4 members (excludes halogenated alkanes) is 1. The summed E-state index contributed by atoms with van der Waals surface area (Å²) >= 11 is 0. The molecular formula is C23H33NO2. The van der Waals surface area contributed by atoms with Gasteiger partial charge >= 0.3 is 0 Å². The van der Waals surface area contributed by atoms with E-state index in [1.54, 1.807) is 0 Å². The molecule has 0 atom stereocenters. The zero-order chi connectivity index (χ0) is 18.5. The van der Waals surface area contributed by atoms with Crippen molar-refractivity contribution in [2.75, 3.05) is 32.8 Å². The van der Waals surface area contributed by atoms with Crippen molar-refractivity contribution in [2.45, 2.75) is 39.5 Å². The predicted molar refractivity (Wildman–Crippen MR) is 109 cm³/mol. The molecule has 0 saturated heterocycles. The molecular weight excluding hydrogens is 322 g/mol. The van der Waals surface area contributed by atoms with Gasteiger partial charge in [-0.2, -0.15) is 0 Å². The van der Waals surface area contributed by atoms with Crippen molar-refractivity contribution < 1.29 is 9.47 Å². The van der Waals surface area contributed by atoms with E-state index in [-0.39, 0.29) is 0 Å². The van der Waals surface area contributed by atoms with Crippen molar-refractivity contribution in [3.63, 3.8) is 0 Å². The first kappa shape index (κ1) is 20.3. The van der Waals surface area contributed by atoms with Crippen LogP contribution < -0.4 is 9.47 Å². The minimum absolute atomic E-state index is 0.552. The lowest BCUT2D eigenvalue weighted by Crippen LogP contribution is -2.25. The molecule has 0 fully saturated rings. The van der Waals surface area contributed by atoms with Crippen LogP contribution in [0.15, 0.2) is 54.6 Å². The van der Waals surface area contributed by atoms with Crippen LogP contribution >= 0.6 is 0 Å². The molecule has 2 aromatic rings. The number of aryl methyl sites for hydroxylation is 1. The largest absolute Gasteiger partial charge is 0.490 e. The molecule has 2 rings (SSSR count). The number of nitrogens with zero attached hydrogens (tertiary/aromatic N) is 1. The topological polar surface area (TPSA) is 21.7 Å². The summed E-state index contributed by atoms with van der Waals surface area (Å²) in [6.45, 7) is 9.18. The molecule has 0 aliphatic heterocycles. The van der Waals surface area contributed by atoms with Gasteiger partial charge in [0.15, 0.2) is 0 Å². The standard InChI is InChI=1S/C23H33NO2/c1-3-5-17-24(4-2)18-9-10-21-13-15-23(16-14-21)26-20-19-25-22-11-7-6-8-12-22/h6-8,11-16H,3-5,9-10,17-20H2,1-2H3. The van der Waals surface area contributed by atoms with Crippen LogP contribution in [0.5, 0.6) is 11.5 Å². The van der Waals surface area contributed by atoms with Crippen molar-refractivity contribution in [3.05, 3.63) is 60.2 Å². The second kappa shape index (κ2) is 12.4. The van der Waals surface area contributed by atoms with Gasteiger partial charge in [0.1, 0.15) is 24.7 Å². The van der Waals surface area contributed by atoms with Gasteiger partial charge in [0.05, 0.1) is 0 Å². The van der Waals surface area contributed by atoms with Gasteiger partial charge in [-0.15, -0.1) is 0 Å². The van der Waals surface area contributed by atoms with Gasteiger partial charge in [-0.1, -0.05) is 50.6 Å². The summed E-state index contributed by atoms with van der Waals surface area (Å²) in [6.07, 6.45) is 4.91. The highest BCUT2D eigenvalue weighted by Crippen LogP contribution is 2.14. The van der Waals surface area contributed by atoms with Crippen LogP contribution in [0.25, 0.3) is 0 Å². The third kappa shape index (κ3) is 7.92. The van der Waals surface area contributed by atoms with Crippen molar-refractivity contribution >= 4 is 0 Å². The quantitative estimate of drug-likeness (QED) is 0.461. The molecule has 2 aromatic carbocycles. The number of ether oxygens (including phenoxy) is 2. The average Bonchev–Trinajstić information content (AvgIpc) is 2.70. The summed E-state index contributed by atoms with van der Waals surface area (Å²) < 4.78 is 11.4. The molecule has 0 spiro atoms. The van der Waals surface area contributed by atoms with Crippen molar-refractivity contribution in [2.24, 2.45) is 0 Å². The Balaban J connectivity index is 1.63. The Morgan fingerprint density at radius 2 is 1.35 bits per heavy atom. The van der Waals surface area contributed by atoms with E-state index in [1.807, 2.05) is 30.3 Å². The molecule has 3 heteroatoms. The third-order valence-corrected chi connectivity index (χ3v) is 4.50. The van der Waals surface area contributed by atoms with Crippen LogP contribution in [0.1, 0.15) is 38.7 Å². The monoisotopic (exact) mass is 355 g/mol. The number of rotatable bonds is 13. The van der Waals surface area contributed by atoms with Crippen LogP contribution in [0, 0.1) is 0 Å². The van der Waals surface area contributed by atoms with Crippen molar-refractivity contribution in [1.29, 1.82) is 0 Å². The minimum Gasteiger partial charge on any atom is -0.490 e. The Hall–Kier alpha value is -2.00. The van der Waals surface area contributed by atoms with Crippen LogP contribution in [0.4, 0.5) is 0 Å². The van der Waals surface area contributed by atoms with E-state index < -0.39 is 0 Å². The van der Waals surface area contributed by atoms with E-state index in [2.05, 4.69) is 43.0 Å². The van der Waals surface area contributed by atoms with Crippen LogP contribution in [-0.4, -0.2) is 37.7 Å². The lowest BCUT2D eigenvalue weighted by molar-refractivity contribution is 0.217. The maximum atomic E-state index is 5.75.